The first-order chi connectivity index (χ1) is 7.27. The van der Waals surface area contributed by atoms with Crippen molar-refractivity contribution in [2.75, 3.05) is 18.9 Å². The highest BCUT2D eigenvalue weighted by molar-refractivity contribution is 5.98. The molecule has 0 spiro atoms. The van der Waals surface area contributed by atoms with Gasteiger partial charge in [-0.05, 0) is 31.0 Å². The third-order valence-corrected chi connectivity index (χ3v) is 2.45. The van der Waals surface area contributed by atoms with Gasteiger partial charge >= 0.3 is 0 Å². The summed E-state index contributed by atoms with van der Waals surface area (Å²) in [4.78, 5) is 4.54. The van der Waals surface area contributed by atoms with Gasteiger partial charge in [0, 0.05) is 25.0 Å². The Morgan fingerprint density at radius 2 is 1.93 bits per heavy atom. The monoisotopic (exact) mass is 204 g/mol. The van der Waals surface area contributed by atoms with Gasteiger partial charge in [0.25, 0.3) is 0 Å². The molecule has 0 aliphatic heterocycles. The van der Waals surface area contributed by atoms with E-state index in [0.29, 0.717) is 0 Å². The molecule has 2 nitrogen and oxygen atoms in total. The minimum absolute atomic E-state index is 0.941. The van der Waals surface area contributed by atoms with Gasteiger partial charge in [-0.3, -0.25) is 4.99 Å². The van der Waals surface area contributed by atoms with Crippen molar-refractivity contribution in [1.82, 2.24) is 0 Å². The molecule has 0 heterocycles. The molecule has 1 N–H and O–H groups in total. The van der Waals surface area contributed by atoms with Gasteiger partial charge in [0.05, 0.1) is 0 Å². The molecule has 82 valence electrons. The molecule has 0 fully saturated rings. The first kappa shape index (κ1) is 11.8. The number of benzene rings is 1. The Labute approximate surface area is 92.4 Å². The van der Waals surface area contributed by atoms with Crippen LogP contribution in [0.15, 0.2) is 29.3 Å². The molecule has 1 rings (SSSR count). The number of rotatable bonds is 5. The molecule has 0 aromatic heterocycles. The number of nitrogens with zero attached hydrogens (tertiary/aromatic N) is 1. The molecule has 0 saturated carbocycles. The zero-order chi connectivity index (χ0) is 11.1. The van der Waals surface area contributed by atoms with E-state index in [4.69, 9.17) is 0 Å². The van der Waals surface area contributed by atoms with Crippen LogP contribution in [0.25, 0.3) is 0 Å². The van der Waals surface area contributed by atoms with Gasteiger partial charge in [0.15, 0.2) is 0 Å². The summed E-state index contributed by atoms with van der Waals surface area (Å²) in [6.45, 7) is 5.20. The lowest BCUT2D eigenvalue weighted by atomic mass is 10.1. The second-order valence-electron chi connectivity index (χ2n) is 3.65. The zero-order valence-corrected chi connectivity index (χ0v) is 9.88. The van der Waals surface area contributed by atoms with E-state index in [9.17, 15) is 0 Å². The van der Waals surface area contributed by atoms with Crippen LogP contribution in [0.3, 0.4) is 0 Å². The smallest absolute Gasteiger partial charge is 0.0392 e. The molecule has 0 unspecified atom stereocenters. The molecular formula is C13H20N2. The highest BCUT2D eigenvalue weighted by atomic mass is 14.8. The Bertz CT molecular complexity index is 312. The average Bonchev–Trinajstić information content (AvgIpc) is 2.29. The van der Waals surface area contributed by atoms with Crippen molar-refractivity contribution in [3.63, 3.8) is 0 Å². The maximum atomic E-state index is 4.54. The van der Waals surface area contributed by atoms with Gasteiger partial charge in [0.1, 0.15) is 0 Å². The van der Waals surface area contributed by atoms with Crippen molar-refractivity contribution >= 4 is 11.4 Å². The number of unbranched alkanes of at least 4 members (excludes halogenated alkanes) is 1. The largest absolute Gasteiger partial charge is 0.388 e. The predicted molar refractivity (Wildman–Crippen MR) is 68.0 cm³/mol. The first-order valence-electron chi connectivity index (χ1n) is 5.57. The topological polar surface area (TPSA) is 24.4 Å². The Balaban J connectivity index is 2.65. The lowest BCUT2D eigenvalue weighted by Gasteiger charge is -2.03. The number of hydrogen-bond acceptors (Lipinski definition) is 2. The van der Waals surface area contributed by atoms with Crippen molar-refractivity contribution in [3.05, 3.63) is 29.8 Å². The Hall–Kier alpha value is -1.31. The van der Waals surface area contributed by atoms with Crippen LogP contribution in [0, 0.1) is 0 Å². The molecule has 1 aromatic rings. The van der Waals surface area contributed by atoms with Crippen molar-refractivity contribution in [2.24, 2.45) is 4.99 Å². The molecule has 2 heteroatoms. The molecule has 1 aromatic carbocycles. The molecule has 0 amide bonds. The Morgan fingerprint density at radius 1 is 1.27 bits per heavy atom. The summed E-state index contributed by atoms with van der Waals surface area (Å²) in [5, 5.41) is 3.11. The highest BCUT2D eigenvalue weighted by Gasteiger charge is 1.96. The molecule has 0 aliphatic rings. The normalized spacial score (nSPS) is 11.5. The number of hydrogen-bond donors (Lipinski definition) is 1. The van der Waals surface area contributed by atoms with Crippen molar-refractivity contribution in [1.29, 1.82) is 0 Å². The van der Waals surface area contributed by atoms with Crippen LogP contribution in [0.2, 0.25) is 0 Å². The maximum absolute atomic E-state index is 4.54. The first-order valence-corrected chi connectivity index (χ1v) is 5.57. The molecule has 0 atom stereocenters. The fourth-order valence-electron chi connectivity index (χ4n) is 1.37. The van der Waals surface area contributed by atoms with Gasteiger partial charge < -0.3 is 5.32 Å². The number of nitrogens with one attached hydrogen (secondary N) is 1. The van der Waals surface area contributed by atoms with E-state index < -0.39 is 0 Å². The molecule has 0 aliphatic carbocycles. The van der Waals surface area contributed by atoms with Crippen LogP contribution in [-0.2, 0) is 0 Å². The average molecular weight is 204 g/mol. The highest BCUT2D eigenvalue weighted by Crippen LogP contribution is 2.09. The van der Waals surface area contributed by atoms with E-state index in [0.717, 1.165) is 17.9 Å². The van der Waals surface area contributed by atoms with E-state index >= 15 is 0 Å². The second kappa shape index (κ2) is 6.23. The predicted octanol–water partition coefficient (Wildman–Crippen LogP) is 3.34. The van der Waals surface area contributed by atoms with Gasteiger partial charge in [-0.2, -0.15) is 0 Å². The fourth-order valence-corrected chi connectivity index (χ4v) is 1.37. The Kier molecular flexibility index (Phi) is 4.88. The summed E-state index contributed by atoms with van der Waals surface area (Å²) < 4.78 is 0. The second-order valence-corrected chi connectivity index (χ2v) is 3.65. The summed E-state index contributed by atoms with van der Waals surface area (Å²) >= 11 is 0. The quantitative estimate of drug-likeness (QED) is 0.577. The van der Waals surface area contributed by atoms with Crippen LogP contribution in [0.1, 0.15) is 32.3 Å². The van der Waals surface area contributed by atoms with E-state index in [1.165, 1.54) is 18.4 Å². The molecule has 0 radical (unpaired) electrons. The minimum atomic E-state index is 0.941. The SMILES string of the molecule is CCCCN=C(C)c1ccc(NC)cc1. The van der Waals surface area contributed by atoms with Crippen LogP contribution in [0.5, 0.6) is 0 Å². The molecular weight excluding hydrogens is 184 g/mol. The van der Waals surface area contributed by atoms with Crippen molar-refractivity contribution < 1.29 is 0 Å². The minimum Gasteiger partial charge on any atom is -0.388 e. The maximum Gasteiger partial charge on any atom is 0.0392 e. The van der Waals surface area contributed by atoms with E-state index in [2.05, 4.69) is 48.4 Å². The van der Waals surface area contributed by atoms with Crippen LogP contribution in [0.4, 0.5) is 5.69 Å². The van der Waals surface area contributed by atoms with Crippen LogP contribution >= 0.6 is 0 Å². The third-order valence-electron chi connectivity index (χ3n) is 2.45. The molecule has 15 heavy (non-hydrogen) atoms. The zero-order valence-electron chi connectivity index (χ0n) is 9.88. The lowest BCUT2D eigenvalue weighted by molar-refractivity contribution is 0.808. The van der Waals surface area contributed by atoms with Gasteiger partial charge in [-0.25, -0.2) is 0 Å². The lowest BCUT2D eigenvalue weighted by Crippen LogP contribution is -1.97. The van der Waals surface area contributed by atoms with E-state index in [-0.39, 0.29) is 0 Å². The fraction of sp³-hybridized carbons (Fsp3) is 0.462. The van der Waals surface area contributed by atoms with Crippen LogP contribution in [-0.4, -0.2) is 19.3 Å². The number of aliphatic imine (C=N–C) groups is 1. The summed E-state index contributed by atoms with van der Waals surface area (Å²) in [6.07, 6.45) is 2.38. The van der Waals surface area contributed by atoms with E-state index in [1.54, 1.807) is 0 Å². The Morgan fingerprint density at radius 3 is 2.47 bits per heavy atom. The number of anilines is 1. The van der Waals surface area contributed by atoms with Gasteiger partial charge in [-0.15, -0.1) is 0 Å². The summed E-state index contributed by atoms with van der Waals surface area (Å²) in [5.74, 6) is 0. The summed E-state index contributed by atoms with van der Waals surface area (Å²) in [6, 6.07) is 8.37. The van der Waals surface area contributed by atoms with Gasteiger partial charge in [0.2, 0.25) is 0 Å². The third kappa shape index (κ3) is 3.74. The van der Waals surface area contributed by atoms with Crippen LogP contribution < -0.4 is 5.32 Å². The standard InChI is InChI=1S/C13H20N2/c1-4-5-10-15-11(2)12-6-8-13(14-3)9-7-12/h6-9,14H,4-5,10H2,1-3H3. The van der Waals surface area contributed by atoms with Gasteiger partial charge in [-0.1, -0.05) is 25.5 Å². The van der Waals surface area contributed by atoms with E-state index in [1.807, 2.05) is 7.05 Å². The summed E-state index contributed by atoms with van der Waals surface area (Å²) in [7, 11) is 1.93. The van der Waals surface area contributed by atoms with Crippen molar-refractivity contribution in [3.8, 4) is 0 Å². The molecule has 0 saturated heterocycles. The van der Waals surface area contributed by atoms with Crippen molar-refractivity contribution in [2.45, 2.75) is 26.7 Å². The summed E-state index contributed by atoms with van der Waals surface area (Å²) in [5.41, 5.74) is 3.48. The molecule has 0 bridgehead atoms.